The molecule has 21 heavy (non-hydrogen) atoms. The number of aromatic nitrogens is 3. The van der Waals surface area contributed by atoms with Crippen molar-refractivity contribution in [1.82, 2.24) is 15.2 Å². The van der Waals surface area contributed by atoms with Gasteiger partial charge in [0.2, 0.25) is 5.91 Å². The maximum atomic E-state index is 11.9. The van der Waals surface area contributed by atoms with Crippen LogP contribution in [-0.4, -0.2) is 26.8 Å². The Kier molecular flexibility index (Phi) is 4.44. The Morgan fingerprint density at radius 3 is 2.90 bits per heavy atom. The topological polar surface area (TPSA) is 93.8 Å². The van der Waals surface area contributed by atoms with Crippen molar-refractivity contribution in [1.29, 1.82) is 0 Å². The highest BCUT2D eigenvalue weighted by atomic mass is 32.2. The summed E-state index contributed by atoms with van der Waals surface area (Å²) in [7, 11) is 0. The van der Waals surface area contributed by atoms with Crippen LogP contribution in [0.3, 0.4) is 0 Å². The number of thioether (sulfide) groups is 1. The van der Waals surface area contributed by atoms with E-state index in [0.717, 1.165) is 19.6 Å². The molecule has 3 rings (SSSR count). The second-order valence-corrected chi connectivity index (χ2v) is 7.30. The number of amides is 1. The van der Waals surface area contributed by atoms with Gasteiger partial charge in [-0.2, -0.15) is 0 Å². The number of thiazole rings is 1. The number of carbonyl (C=O) groups is 1. The molecular weight excluding hydrogens is 326 g/mol. The van der Waals surface area contributed by atoms with E-state index in [2.05, 4.69) is 20.5 Å². The molecule has 2 aromatic heterocycles. The molecule has 1 amide bonds. The second kappa shape index (κ2) is 6.48. The number of benzene rings is 1. The summed E-state index contributed by atoms with van der Waals surface area (Å²) >= 11 is 4.21. The Morgan fingerprint density at radius 1 is 1.29 bits per heavy atom. The van der Waals surface area contributed by atoms with E-state index in [-0.39, 0.29) is 11.7 Å². The van der Waals surface area contributed by atoms with Crippen LogP contribution in [-0.2, 0) is 11.3 Å². The number of carbonyl (C=O) groups excluding carboxylic acids is 1. The van der Waals surface area contributed by atoms with Gasteiger partial charge in [-0.3, -0.25) is 4.79 Å². The first-order chi connectivity index (χ1) is 10.2. The van der Waals surface area contributed by atoms with Crippen molar-refractivity contribution in [2.24, 2.45) is 5.73 Å². The summed E-state index contributed by atoms with van der Waals surface area (Å²) in [5, 5.41) is 12.0. The minimum atomic E-state index is -0.108. The van der Waals surface area contributed by atoms with Gasteiger partial charge in [-0.1, -0.05) is 46.6 Å². The van der Waals surface area contributed by atoms with E-state index in [4.69, 9.17) is 5.73 Å². The first kappa shape index (κ1) is 14.4. The van der Waals surface area contributed by atoms with Gasteiger partial charge in [-0.15, -0.1) is 10.2 Å². The van der Waals surface area contributed by atoms with Crippen molar-refractivity contribution in [3.05, 3.63) is 29.3 Å². The van der Waals surface area contributed by atoms with Crippen molar-refractivity contribution in [2.45, 2.75) is 10.9 Å². The van der Waals surface area contributed by atoms with E-state index < -0.39 is 0 Å². The van der Waals surface area contributed by atoms with Crippen molar-refractivity contribution >= 4 is 55.7 Å². The van der Waals surface area contributed by atoms with Crippen molar-refractivity contribution in [2.75, 3.05) is 11.1 Å². The summed E-state index contributed by atoms with van der Waals surface area (Å²) in [6.07, 6.45) is 0. The lowest BCUT2D eigenvalue weighted by Gasteiger charge is -1.98. The molecule has 108 valence electrons. The molecule has 0 fully saturated rings. The van der Waals surface area contributed by atoms with Crippen LogP contribution in [0, 0.1) is 0 Å². The van der Waals surface area contributed by atoms with Gasteiger partial charge in [0.1, 0.15) is 5.01 Å². The van der Waals surface area contributed by atoms with Crippen LogP contribution in [0.15, 0.2) is 28.6 Å². The van der Waals surface area contributed by atoms with Crippen LogP contribution >= 0.6 is 34.4 Å². The van der Waals surface area contributed by atoms with Crippen molar-refractivity contribution < 1.29 is 4.79 Å². The number of fused-ring (bicyclic) bond motifs is 1. The molecule has 0 radical (unpaired) electrons. The van der Waals surface area contributed by atoms with Crippen molar-refractivity contribution in [3.8, 4) is 0 Å². The fourth-order valence-electron chi connectivity index (χ4n) is 1.59. The van der Waals surface area contributed by atoms with Crippen LogP contribution in [0.1, 0.15) is 5.01 Å². The number of rotatable bonds is 5. The molecule has 2 heterocycles. The Labute approximate surface area is 132 Å². The Balaban J connectivity index is 1.58. The summed E-state index contributed by atoms with van der Waals surface area (Å²) in [6, 6.07) is 7.78. The van der Waals surface area contributed by atoms with E-state index >= 15 is 0 Å². The third-order valence-electron chi connectivity index (χ3n) is 2.49. The largest absolute Gasteiger partial charge is 0.324 e. The molecule has 0 aliphatic rings. The number of hydrogen-bond donors (Lipinski definition) is 2. The zero-order valence-electron chi connectivity index (χ0n) is 10.8. The normalized spacial score (nSPS) is 10.9. The number of nitrogens with zero attached hydrogens (tertiary/aromatic N) is 3. The predicted molar refractivity (Wildman–Crippen MR) is 86.8 cm³/mol. The van der Waals surface area contributed by atoms with E-state index in [0.29, 0.717) is 11.7 Å². The Bertz CT molecular complexity index is 736. The lowest BCUT2D eigenvalue weighted by molar-refractivity contribution is -0.113. The van der Waals surface area contributed by atoms with Crippen LogP contribution in [0.25, 0.3) is 10.2 Å². The average molecular weight is 337 g/mol. The highest BCUT2D eigenvalue weighted by Crippen LogP contribution is 2.26. The van der Waals surface area contributed by atoms with Gasteiger partial charge in [0.25, 0.3) is 0 Å². The van der Waals surface area contributed by atoms with Gasteiger partial charge in [0.15, 0.2) is 9.47 Å². The molecule has 0 saturated carbocycles. The second-order valence-electron chi connectivity index (χ2n) is 3.99. The predicted octanol–water partition coefficient (Wildman–Crippen LogP) is 2.34. The SMILES string of the molecule is NCc1nnc(SCC(=O)Nc2nc3ccccc3s2)s1. The highest BCUT2D eigenvalue weighted by Gasteiger charge is 2.10. The van der Waals surface area contributed by atoms with E-state index in [1.165, 1.54) is 34.4 Å². The summed E-state index contributed by atoms with van der Waals surface area (Å²) in [5.74, 6) is 0.165. The number of nitrogens with two attached hydrogens (primary N) is 1. The summed E-state index contributed by atoms with van der Waals surface area (Å²) in [6.45, 7) is 0.371. The standard InChI is InChI=1S/C12H11N5OS3/c13-5-10-16-17-12(21-10)19-6-9(18)15-11-14-7-3-1-2-4-8(7)20-11/h1-4H,5-6,13H2,(H,14,15,18). The molecule has 0 spiro atoms. The van der Waals surface area contributed by atoms with Gasteiger partial charge in [0.05, 0.1) is 16.0 Å². The molecule has 0 aliphatic heterocycles. The molecule has 0 saturated heterocycles. The average Bonchev–Trinajstić information content (AvgIpc) is 3.10. The Hall–Kier alpha value is -1.55. The number of para-hydroxylation sites is 1. The highest BCUT2D eigenvalue weighted by molar-refractivity contribution is 8.01. The van der Waals surface area contributed by atoms with Crippen LogP contribution in [0.4, 0.5) is 5.13 Å². The maximum Gasteiger partial charge on any atom is 0.236 e. The number of nitrogens with one attached hydrogen (secondary N) is 1. The van der Waals surface area contributed by atoms with E-state index in [9.17, 15) is 4.79 Å². The van der Waals surface area contributed by atoms with Crippen LogP contribution < -0.4 is 11.1 Å². The van der Waals surface area contributed by atoms with Gasteiger partial charge in [0, 0.05) is 6.54 Å². The van der Waals surface area contributed by atoms with Gasteiger partial charge < -0.3 is 11.1 Å². The Morgan fingerprint density at radius 2 is 2.14 bits per heavy atom. The summed E-state index contributed by atoms with van der Waals surface area (Å²) in [5.41, 5.74) is 6.36. The minimum absolute atomic E-state index is 0.108. The van der Waals surface area contributed by atoms with Gasteiger partial charge in [-0.05, 0) is 12.1 Å². The zero-order chi connectivity index (χ0) is 14.7. The maximum absolute atomic E-state index is 11.9. The van der Waals surface area contributed by atoms with Gasteiger partial charge >= 0.3 is 0 Å². The quantitative estimate of drug-likeness (QED) is 0.694. The molecule has 0 aliphatic carbocycles. The molecule has 9 heteroatoms. The number of hydrogen-bond acceptors (Lipinski definition) is 8. The third-order valence-corrected chi connectivity index (χ3v) is 5.52. The van der Waals surface area contributed by atoms with Crippen LogP contribution in [0.2, 0.25) is 0 Å². The van der Waals surface area contributed by atoms with E-state index in [1.807, 2.05) is 24.3 Å². The molecule has 0 atom stereocenters. The molecule has 1 aromatic carbocycles. The molecule has 3 aromatic rings. The zero-order valence-corrected chi connectivity index (χ0v) is 13.2. The van der Waals surface area contributed by atoms with Gasteiger partial charge in [-0.25, -0.2) is 4.98 Å². The number of anilines is 1. The molecule has 0 bridgehead atoms. The summed E-state index contributed by atoms with van der Waals surface area (Å²) in [4.78, 5) is 16.3. The molecule has 3 N–H and O–H groups in total. The smallest absolute Gasteiger partial charge is 0.236 e. The molecule has 6 nitrogen and oxygen atoms in total. The minimum Gasteiger partial charge on any atom is -0.324 e. The lowest BCUT2D eigenvalue weighted by Crippen LogP contribution is -2.13. The van der Waals surface area contributed by atoms with Crippen molar-refractivity contribution in [3.63, 3.8) is 0 Å². The first-order valence-electron chi connectivity index (χ1n) is 6.05. The first-order valence-corrected chi connectivity index (χ1v) is 8.67. The van der Waals surface area contributed by atoms with Crippen LogP contribution in [0.5, 0.6) is 0 Å². The fraction of sp³-hybridized carbons (Fsp3) is 0.167. The monoisotopic (exact) mass is 337 g/mol. The summed E-state index contributed by atoms with van der Waals surface area (Å²) < 4.78 is 1.80. The molecule has 0 unspecified atom stereocenters. The fourth-order valence-corrected chi connectivity index (χ4v) is 4.04. The van der Waals surface area contributed by atoms with E-state index in [1.54, 1.807) is 0 Å². The lowest BCUT2D eigenvalue weighted by atomic mass is 10.3. The third kappa shape index (κ3) is 3.56. The molecular formula is C12H11N5OS3.